The maximum Gasteiger partial charge on any atom is 0.265 e. The van der Waals surface area contributed by atoms with Crippen molar-refractivity contribution in [2.45, 2.75) is 20.0 Å². The normalized spacial score (nSPS) is 11.5. The van der Waals surface area contributed by atoms with Crippen molar-refractivity contribution >= 4 is 11.6 Å². The van der Waals surface area contributed by atoms with E-state index in [-0.39, 0.29) is 5.91 Å². The molecule has 2 aromatic rings. The summed E-state index contributed by atoms with van der Waals surface area (Å²) in [4.78, 5) is 12.3. The molecule has 2 rings (SSSR count). The third kappa shape index (κ3) is 4.39. The Bertz CT molecular complexity index is 684. The molecule has 0 unspecified atom stereocenters. The van der Waals surface area contributed by atoms with Gasteiger partial charge in [0.1, 0.15) is 17.2 Å². The zero-order valence-corrected chi connectivity index (χ0v) is 13.8. The summed E-state index contributed by atoms with van der Waals surface area (Å²) in [6.07, 6.45) is -0.646. The lowest BCUT2D eigenvalue weighted by Gasteiger charge is -2.17. The van der Waals surface area contributed by atoms with Crippen LogP contribution in [0.1, 0.15) is 12.5 Å². The van der Waals surface area contributed by atoms with E-state index < -0.39 is 6.10 Å². The highest BCUT2D eigenvalue weighted by molar-refractivity contribution is 5.95. The van der Waals surface area contributed by atoms with Crippen LogP contribution in [0.5, 0.6) is 17.2 Å². The molecular formula is C18H21NO4. The van der Waals surface area contributed by atoms with E-state index in [1.807, 2.05) is 31.2 Å². The van der Waals surface area contributed by atoms with Crippen molar-refractivity contribution in [2.75, 3.05) is 19.5 Å². The number of carbonyl (C=O) groups excluding carboxylic acids is 1. The largest absolute Gasteiger partial charge is 0.497 e. The molecule has 5 nitrogen and oxygen atoms in total. The minimum atomic E-state index is -0.646. The van der Waals surface area contributed by atoms with Gasteiger partial charge < -0.3 is 19.5 Å². The third-order valence-electron chi connectivity index (χ3n) is 3.34. The number of nitrogens with one attached hydrogen (secondary N) is 1. The molecule has 1 atom stereocenters. The first-order valence-corrected chi connectivity index (χ1v) is 7.29. The first-order valence-electron chi connectivity index (χ1n) is 7.29. The van der Waals surface area contributed by atoms with E-state index in [1.165, 1.54) is 0 Å². The monoisotopic (exact) mass is 315 g/mol. The second kappa shape index (κ2) is 7.54. The number of carbonyl (C=O) groups is 1. The van der Waals surface area contributed by atoms with Gasteiger partial charge in [-0.3, -0.25) is 4.79 Å². The van der Waals surface area contributed by atoms with Crippen LogP contribution in [0.4, 0.5) is 5.69 Å². The summed E-state index contributed by atoms with van der Waals surface area (Å²) < 4.78 is 16.1. The topological polar surface area (TPSA) is 56.8 Å². The Kier molecular flexibility index (Phi) is 5.46. The van der Waals surface area contributed by atoms with Gasteiger partial charge in [-0.05, 0) is 43.7 Å². The van der Waals surface area contributed by atoms with Crippen LogP contribution in [-0.2, 0) is 4.79 Å². The lowest BCUT2D eigenvalue weighted by atomic mass is 10.2. The lowest BCUT2D eigenvalue weighted by molar-refractivity contribution is -0.122. The molecule has 0 aliphatic rings. The summed E-state index contributed by atoms with van der Waals surface area (Å²) in [5.41, 5.74) is 1.61. The summed E-state index contributed by atoms with van der Waals surface area (Å²) in [5, 5.41) is 2.80. The van der Waals surface area contributed by atoms with E-state index in [9.17, 15) is 4.79 Å². The van der Waals surface area contributed by atoms with Crippen LogP contribution in [0.3, 0.4) is 0 Å². The summed E-state index contributed by atoms with van der Waals surface area (Å²) >= 11 is 0. The van der Waals surface area contributed by atoms with Gasteiger partial charge in [0, 0.05) is 6.07 Å². The Morgan fingerprint density at radius 2 is 1.83 bits per heavy atom. The summed E-state index contributed by atoms with van der Waals surface area (Å²) in [5.74, 6) is 1.58. The van der Waals surface area contributed by atoms with Crippen LogP contribution in [0, 0.1) is 6.92 Å². The number of methoxy groups -OCH3 is 2. The molecule has 0 aliphatic carbocycles. The Balaban J connectivity index is 2.09. The van der Waals surface area contributed by atoms with Gasteiger partial charge >= 0.3 is 0 Å². The lowest BCUT2D eigenvalue weighted by Crippen LogP contribution is -2.30. The van der Waals surface area contributed by atoms with Crippen molar-refractivity contribution in [1.82, 2.24) is 0 Å². The molecule has 0 heterocycles. The number of benzene rings is 2. The molecular weight excluding hydrogens is 294 g/mol. The standard InChI is InChI=1S/C18H21NO4/c1-12-6-5-7-15(10-12)23-13(2)18(20)19-16-11-14(21-3)8-9-17(16)22-4/h5-11,13H,1-4H3,(H,19,20)/t13-/m0/s1. The molecule has 0 saturated carbocycles. The minimum absolute atomic E-state index is 0.266. The molecule has 23 heavy (non-hydrogen) atoms. The molecule has 1 N–H and O–H groups in total. The zero-order chi connectivity index (χ0) is 16.8. The quantitative estimate of drug-likeness (QED) is 0.887. The third-order valence-corrected chi connectivity index (χ3v) is 3.34. The predicted octanol–water partition coefficient (Wildman–Crippen LogP) is 3.42. The fraction of sp³-hybridized carbons (Fsp3) is 0.278. The molecule has 0 saturated heterocycles. The second-order valence-electron chi connectivity index (χ2n) is 5.13. The highest BCUT2D eigenvalue weighted by Gasteiger charge is 2.17. The molecule has 0 aromatic heterocycles. The fourth-order valence-corrected chi connectivity index (χ4v) is 2.09. The predicted molar refractivity (Wildman–Crippen MR) is 89.4 cm³/mol. The molecule has 5 heteroatoms. The van der Waals surface area contributed by atoms with Crippen molar-refractivity contribution in [1.29, 1.82) is 0 Å². The summed E-state index contributed by atoms with van der Waals surface area (Å²) in [6.45, 7) is 3.67. The second-order valence-corrected chi connectivity index (χ2v) is 5.13. The van der Waals surface area contributed by atoms with Gasteiger partial charge in [0.15, 0.2) is 6.10 Å². The van der Waals surface area contributed by atoms with Gasteiger partial charge in [0.05, 0.1) is 19.9 Å². The average molecular weight is 315 g/mol. The Labute approximate surface area is 136 Å². The van der Waals surface area contributed by atoms with Gasteiger partial charge in [0.25, 0.3) is 5.91 Å². The van der Waals surface area contributed by atoms with E-state index >= 15 is 0 Å². The maximum absolute atomic E-state index is 12.3. The van der Waals surface area contributed by atoms with Crippen LogP contribution < -0.4 is 19.5 Å². The zero-order valence-electron chi connectivity index (χ0n) is 13.8. The van der Waals surface area contributed by atoms with Crippen LogP contribution in [0.15, 0.2) is 42.5 Å². The Morgan fingerprint density at radius 1 is 1.04 bits per heavy atom. The first-order chi connectivity index (χ1) is 11.0. The van der Waals surface area contributed by atoms with Crippen molar-refractivity contribution < 1.29 is 19.0 Å². The van der Waals surface area contributed by atoms with Crippen LogP contribution in [0.25, 0.3) is 0 Å². The highest BCUT2D eigenvalue weighted by Crippen LogP contribution is 2.29. The molecule has 122 valence electrons. The van der Waals surface area contributed by atoms with Gasteiger partial charge in [-0.1, -0.05) is 12.1 Å². The summed E-state index contributed by atoms with van der Waals surface area (Å²) in [6, 6.07) is 12.8. The minimum Gasteiger partial charge on any atom is -0.497 e. The maximum atomic E-state index is 12.3. The number of aryl methyl sites for hydroxylation is 1. The molecule has 0 fully saturated rings. The number of ether oxygens (including phenoxy) is 3. The number of hydrogen-bond acceptors (Lipinski definition) is 4. The van der Waals surface area contributed by atoms with Crippen LogP contribution in [-0.4, -0.2) is 26.2 Å². The van der Waals surface area contributed by atoms with E-state index in [1.54, 1.807) is 39.3 Å². The van der Waals surface area contributed by atoms with Gasteiger partial charge in [-0.25, -0.2) is 0 Å². The number of anilines is 1. The molecule has 2 aromatic carbocycles. The molecule has 0 spiro atoms. The number of hydrogen-bond donors (Lipinski definition) is 1. The van der Waals surface area contributed by atoms with Crippen molar-refractivity contribution in [2.24, 2.45) is 0 Å². The van der Waals surface area contributed by atoms with Gasteiger partial charge in [-0.15, -0.1) is 0 Å². The SMILES string of the molecule is COc1ccc(OC)c(NC(=O)[C@H](C)Oc2cccc(C)c2)c1. The van der Waals surface area contributed by atoms with Crippen LogP contribution >= 0.6 is 0 Å². The number of amides is 1. The highest BCUT2D eigenvalue weighted by atomic mass is 16.5. The average Bonchev–Trinajstić information content (AvgIpc) is 2.54. The first kappa shape index (κ1) is 16.7. The van der Waals surface area contributed by atoms with E-state index in [0.29, 0.717) is 22.9 Å². The fourth-order valence-electron chi connectivity index (χ4n) is 2.09. The number of rotatable bonds is 6. The Hall–Kier alpha value is -2.69. The van der Waals surface area contributed by atoms with Crippen molar-refractivity contribution in [3.8, 4) is 17.2 Å². The van der Waals surface area contributed by atoms with E-state index in [2.05, 4.69) is 5.32 Å². The molecule has 0 bridgehead atoms. The van der Waals surface area contributed by atoms with Crippen LogP contribution in [0.2, 0.25) is 0 Å². The van der Waals surface area contributed by atoms with E-state index in [4.69, 9.17) is 14.2 Å². The van der Waals surface area contributed by atoms with Gasteiger partial charge in [0.2, 0.25) is 0 Å². The van der Waals surface area contributed by atoms with Crippen molar-refractivity contribution in [3.63, 3.8) is 0 Å². The molecule has 0 aliphatic heterocycles. The Morgan fingerprint density at radius 3 is 2.48 bits per heavy atom. The van der Waals surface area contributed by atoms with Gasteiger partial charge in [-0.2, -0.15) is 0 Å². The molecule has 1 amide bonds. The van der Waals surface area contributed by atoms with E-state index in [0.717, 1.165) is 5.56 Å². The smallest absolute Gasteiger partial charge is 0.265 e. The summed E-state index contributed by atoms with van der Waals surface area (Å²) in [7, 11) is 3.11. The molecule has 0 radical (unpaired) electrons. The van der Waals surface area contributed by atoms with Crippen molar-refractivity contribution in [3.05, 3.63) is 48.0 Å².